The van der Waals surface area contributed by atoms with Crippen LogP contribution in [-0.2, 0) is 5.41 Å². The van der Waals surface area contributed by atoms with E-state index in [2.05, 4.69) is 180 Å². The molecule has 0 aliphatic heterocycles. The van der Waals surface area contributed by atoms with Crippen LogP contribution >= 0.6 is 0 Å². The smallest absolute Gasteiger partial charge is 0.0159 e. The summed E-state index contributed by atoms with van der Waals surface area (Å²) in [4.78, 5) is 0. The van der Waals surface area contributed by atoms with Crippen LogP contribution in [0.2, 0.25) is 0 Å². The molecule has 0 fully saturated rings. The lowest BCUT2D eigenvalue weighted by atomic mass is 9.78. The van der Waals surface area contributed by atoms with Crippen molar-refractivity contribution in [1.29, 1.82) is 0 Å². The van der Waals surface area contributed by atoms with Crippen LogP contribution < -0.4 is 10.4 Å². The molecule has 1 aliphatic rings. The molecule has 1 aliphatic carbocycles. The first kappa shape index (κ1) is 31.0. The lowest BCUT2D eigenvalue weighted by Gasteiger charge is -2.25. The van der Waals surface area contributed by atoms with Crippen LogP contribution in [0.15, 0.2) is 134 Å². The monoisotopic (exact) mass is 652 g/mol. The topological polar surface area (TPSA) is 0 Å². The van der Waals surface area contributed by atoms with Crippen molar-refractivity contribution in [2.75, 3.05) is 0 Å². The summed E-state index contributed by atoms with van der Waals surface area (Å²) in [5, 5.41) is 12.6. The van der Waals surface area contributed by atoms with Gasteiger partial charge in [0.25, 0.3) is 0 Å². The molecule has 8 aromatic rings. The summed E-state index contributed by atoms with van der Waals surface area (Å²) >= 11 is 0. The van der Waals surface area contributed by atoms with Gasteiger partial charge in [-0.05, 0) is 135 Å². The van der Waals surface area contributed by atoms with Gasteiger partial charge >= 0.3 is 0 Å². The van der Waals surface area contributed by atoms with E-state index in [0.29, 0.717) is 0 Å². The van der Waals surface area contributed by atoms with Gasteiger partial charge in [-0.2, -0.15) is 0 Å². The predicted molar refractivity (Wildman–Crippen MR) is 225 cm³/mol. The molecule has 51 heavy (non-hydrogen) atoms. The Morgan fingerprint density at radius 2 is 1.00 bits per heavy atom. The fourth-order valence-electron chi connectivity index (χ4n) is 9.18. The molecule has 0 heterocycles. The minimum Gasteiger partial charge on any atom is -0.0984 e. The molecule has 0 heteroatoms. The summed E-state index contributed by atoms with van der Waals surface area (Å²) in [5.41, 5.74) is 12.3. The summed E-state index contributed by atoms with van der Waals surface area (Å²) in [6, 6.07) is 45.0. The maximum Gasteiger partial charge on any atom is 0.0159 e. The average Bonchev–Trinajstić information content (AvgIpc) is 3.41. The number of rotatable bonds is 4. The molecule has 0 saturated heterocycles. The maximum atomic E-state index is 4.43. The summed E-state index contributed by atoms with van der Waals surface area (Å²) in [6.45, 7) is 18.0. The third kappa shape index (κ3) is 4.33. The Bertz CT molecular complexity index is 2930. The molecule has 8 aromatic carbocycles. The Morgan fingerprint density at radius 1 is 0.451 bits per heavy atom. The van der Waals surface area contributed by atoms with Crippen LogP contribution in [0, 0.1) is 0 Å². The largest absolute Gasteiger partial charge is 0.0984 e. The minimum absolute atomic E-state index is 0.193. The van der Waals surface area contributed by atoms with Crippen molar-refractivity contribution >= 4 is 67.4 Å². The second-order valence-corrected chi connectivity index (χ2v) is 14.3. The van der Waals surface area contributed by atoms with Gasteiger partial charge in [0.05, 0.1) is 0 Å². The van der Waals surface area contributed by atoms with E-state index in [1.165, 1.54) is 98.0 Å². The molecule has 0 atom stereocenters. The van der Waals surface area contributed by atoms with Crippen LogP contribution in [0.5, 0.6) is 0 Å². The molecular formula is C51H40. The van der Waals surface area contributed by atoms with Gasteiger partial charge in [0.15, 0.2) is 0 Å². The zero-order valence-corrected chi connectivity index (χ0v) is 29.8. The first-order valence-corrected chi connectivity index (χ1v) is 18.0. The molecular weight excluding hydrogens is 613 g/mol. The summed E-state index contributed by atoms with van der Waals surface area (Å²) in [7, 11) is 0. The van der Waals surface area contributed by atoms with Gasteiger partial charge in [-0.1, -0.05) is 161 Å². The van der Waals surface area contributed by atoms with Gasteiger partial charge in [-0.15, -0.1) is 0 Å². The van der Waals surface area contributed by atoms with Crippen molar-refractivity contribution < 1.29 is 0 Å². The highest BCUT2D eigenvalue weighted by atomic mass is 14.4. The Balaban J connectivity index is 1.38. The highest BCUT2D eigenvalue weighted by Crippen LogP contribution is 2.55. The standard InChI is InChI=1S/C51H40/c1-7-35-36(8-2)49-46(51(5,6)45-28-26-32-18-12-14-20-41(32)50(45)49)30-44(35)48-38(10-4)37(9-3)47(42-21-15-16-22-43(42)48)34-25-27-40-33(29-34)24-23-31-17-11-13-19-39(31)40/h7-30H,1-2H2,3-6H3/b37-9+,38-10+. The summed E-state index contributed by atoms with van der Waals surface area (Å²) < 4.78 is 0. The Morgan fingerprint density at radius 3 is 1.69 bits per heavy atom. The van der Waals surface area contributed by atoms with Gasteiger partial charge in [-0.25, -0.2) is 0 Å². The molecule has 0 bridgehead atoms. The Labute approximate surface area is 300 Å². The average molecular weight is 653 g/mol. The number of hydrogen-bond donors (Lipinski definition) is 0. The Kier molecular flexibility index (Phi) is 7.02. The molecule has 0 aromatic heterocycles. The fourth-order valence-corrected chi connectivity index (χ4v) is 9.18. The highest BCUT2D eigenvalue weighted by Gasteiger charge is 2.39. The van der Waals surface area contributed by atoms with E-state index in [1.807, 2.05) is 6.08 Å². The normalized spacial score (nSPS) is 14.0. The third-order valence-corrected chi connectivity index (χ3v) is 11.5. The van der Waals surface area contributed by atoms with Crippen molar-refractivity contribution in [1.82, 2.24) is 0 Å². The van der Waals surface area contributed by atoms with E-state index in [-0.39, 0.29) is 5.41 Å². The maximum absolute atomic E-state index is 4.43. The van der Waals surface area contributed by atoms with Crippen molar-refractivity contribution in [2.24, 2.45) is 0 Å². The molecule has 9 rings (SSSR count). The lowest BCUT2D eigenvalue weighted by molar-refractivity contribution is 0.661. The molecule has 0 N–H and O–H groups in total. The Hall–Kier alpha value is -5.98. The van der Waals surface area contributed by atoms with Gasteiger partial charge in [0.2, 0.25) is 0 Å². The van der Waals surface area contributed by atoms with Gasteiger partial charge < -0.3 is 0 Å². The number of fused-ring (bicyclic) bond motifs is 9. The van der Waals surface area contributed by atoms with E-state index in [0.717, 1.165) is 11.1 Å². The summed E-state index contributed by atoms with van der Waals surface area (Å²) in [5.74, 6) is 0. The molecule has 0 saturated carbocycles. The number of benzene rings is 8. The van der Waals surface area contributed by atoms with Crippen molar-refractivity contribution in [3.05, 3.63) is 167 Å². The first-order chi connectivity index (χ1) is 24.9. The van der Waals surface area contributed by atoms with E-state index < -0.39 is 0 Å². The van der Waals surface area contributed by atoms with Gasteiger partial charge in [0, 0.05) is 5.41 Å². The first-order valence-electron chi connectivity index (χ1n) is 18.0. The SMILES string of the molecule is C=Cc1c(-c2c(=C/C)/c(=C\C)c(-c3ccc4c(ccc5ccccc54)c3)c3ccccc23)cc2c(c1C=C)-c1c(ccc3ccccc13)C2(C)C. The third-order valence-electron chi connectivity index (χ3n) is 11.5. The van der Waals surface area contributed by atoms with Crippen LogP contribution in [0.1, 0.15) is 49.9 Å². The van der Waals surface area contributed by atoms with E-state index >= 15 is 0 Å². The molecule has 0 nitrogen and oxygen atoms in total. The highest BCUT2D eigenvalue weighted by molar-refractivity contribution is 6.12. The zero-order valence-electron chi connectivity index (χ0n) is 29.8. The fraction of sp³-hybridized carbons (Fsp3) is 0.0980. The molecule has 0 amide bonds. The van der Waals surface area contributed by atoms with Crippen molar-refractivity contribution in [3.8, 4) is 33.4 Å². The molecule has 0 unspecified atom stereocenters. The van der Waals surface area contributed by atoms with E-state index in [1.54, 1.807) is 0 Å². The van der Waals surface area contributed by atoms with Crippen LogP contribution in [0.25, 0.3) is 101 Å². The zero-order chi connectivity index (χ0) is 35.0. The number of hydrogen-bond acceptors (Lipinski definition) is 0. The van der Waals surface area contributed by atoms with Gasteiger partial charge in [-0.3, -0.25) is 0 Å². The second kappa shape index (κ2) is 11.5. The van der Waals surface area contributed by atoms with Crippen molar-refractivity contribution in [2.45, 2.75) is 33.1 Å². The lowest BCUT2D eigenvalue weighted by Crippen LogP contribution is -2.29. The molecule has 0 spiro atoms. The predicted octanol–water partition coefficient (Wildman–Crippen LogP) is 12.8. The van der Waals surface area contributed by atoms with Crippen LogP contribution in [0.4, 0.5) is 0 Å². The van der Waals surface area contributed by atoms with Crippen LogP contribution in [0.3, 0.4) is 0 Å². The molecule has 244 valence electrons. The van der Waals surface area contributed by atoms with Crippen molar-refractivity contribution in [3.63, 3.8) is 0 Å². The second-order valence-electron chi connectivity index (χ2n) is 14.3. The van der Waals surface area contributed by atoms with E-state index in [9.17, 15) is 0 Å². The van der Waals surface area contributed by atoms with Gasteiger partial charge in [0.1, 0.15) is 0 Å². The quantitative estimate of drug-likeness (QED) is 0.166. The van der Waals surface area contributed by atoms with Crippen LogP contribution in [-0.4, -0.2) is 0 Å². The minimum atomic E-state index is -0.193. The van der Waals surface area contributed by atoms with E-state index in [4.69, 9.17) is 0 Å². The summed E-state index contributed by atoms with van der Waals surface area (Å²) in [6.07, 6.45) is 8.71. The molecule has 0 radical (unpaired) electrons.